The van der Waals surface area contributed by atoms with Gasteiger partial charge in [-0.1, -0.05) is 41.9 Å². The van der Waals surface area contributed by atoms with E-state index >= 15 is 0 Å². The lowest BCUT2D eigenvalue weighted by Crippen LogP contribution is -2.44. The van der Waals surface area contributed by atoms with Gasteiger partial charge in [0.15, 0.2) is 0 Å². The van der Waals surface area contributed by atoms with E-state index in [0.717, 1.165) is 62.2 Å². The van der Waals surface area contributed by atoms with E-state index in [1.165, 1.54) is 11.1 Å². The molecular weight excluding hydrogens is 434 g/mol. The number of halogens is 1. The lowest BCUT2D eigenvalue weighted by Gasteiger charge is -2.33. The van der Waals surface area contributed by atoms with Crippen molar-refractivity contribution in [3.05, 3.63) is 76.1 Å². The van der Waals surface area contributed by atoms with E-state index in [1.807, 2.05) is 31.2 Å². The Labute approximate surface area is 200 Å². The zero-order valence-electron chi connectivity index (χ0n) is 19.0. The van der Waals surface area contributed by atoms with Crippen LogP contribution in [0.15, 0.2) is 52.9 Å². The van der Waals surface area contributed by atoms with Gasteiger partial charge in [0.25, 0.3) is 0 Å². The van der Waals surface area contributed by atoms with Crippen molar-refractivity contribution in [2.45, 2.75) is 51.6 Å². The summed E-state index contributed by atoms with van der Waals surface area (Å²) in [7, 11) is 0. The van der Waals surface area contributed by atoms with Gasteiger partial charge in [0.05, 0.1) is 17.7 Å². The van der Waals surface area contributed by atoms with E-state index in [1.54, 1.807) is 0 Å². The minimum absolute atomic E-state index is 0.00689. The van der Waals surface area contributed by atoms with Crippen LogP contribution in [0.1, 0.15) is 54.3 Å². The molecule has 172 valence electrons. The summed E-state index contributed by atoms with van der Waals surface area (Å²) >= 11 is 6.12. The Morgan fingerprint density at radius 1 is 1.18 bits per heavy atom. The number of hydrogen-bond acceptors (Lipinski definition) is 4. The molecule has 5 nitrogen and oxygen atoms in total. The highest BCUT2D eigenvalue weighted by Gasteiger charge is 2.29. The molecule has 2 aliphatic rings. The van der Waals surface area contributed by atoms with Crippen LogP contribution in [-0.4, -0.2) is 28.9 Å². The fraction of sp³-hybridized carbons (Fsp3) is 0.407. The van der Waals surface area contributed by atoms with Gasteiger partial charge in [-0.25, -0.2) is 4.98 Å². The maximum absolute atomic E-state index is 13.2. The number of aryl methyl sites for hydroxylation is 2. The van der Waals surface area contributed by atoms with Gasteiger partial charge in [-0.2, -0.15) is 0 Å². The van der Waals surface area contributed by atoms with Crippen LogP contribution in [0.3, 0.4) is 0 Å². The molecule has 33 heavy (non-hydrogen) atoms. The Hall–Kier alpha value is -2.63. The number of rotatable bonds is 5. The maximum Gasteiger partial charge on any atom is 0.226 e. The molecule has 2 unspecified atom stereocenters. The van der Waals surface area contributed by atoms with Crippen molar-refractivity contribution >= 4 is 17.5 Å². The summed E-state index contributed by atoms with van der Waals surface area (Å²) in [5, 5.41) is 4.02. The number of nitrogens with zero attached hydrogens (tertiary/aromatic N) is 2. The summed E-state index contributed by atoms with van der Waals surface area (Å²) < 4.78 is 5.93. The van der Waals surface area contributed by atoms with E-state index in [9.17, 15) is 4.79 Å². The summed E-state index contributed by atoms with van der Waals surface area (Å²) in [5.41, 5.74) is 4.46. The standard InChI is InChI=1S/C27H30ClN3O2/c1-18-25(30-27(33-18)20-9-4-11-22(28)15-20)17-31-14-6-10-21(16-31)26(32)29-24-13-5-8-19-7-2-3-12-23(19)24/h2-4,7,9,11-12,15,21,24H,5-6,8,10,13-14,16-17H2,1H3,(H,29,32). The number of amides is 1. The maximum atomic E-state index is 13.2. The van der Waals surface area contributed by atoms with Crippen LogP contribution in [-0.2, 0) is 17.8 Å². The topological polar surface area (TPSA) is 58.4 Å². The predicted octanol–water partition coefficient (Wildman–Crippen LogP) is 5.71. The van der Waals surface area contributed by atoms with Crippen molar-refractivity contribution in [1.82, 2.24) is 15.2 Å². The minimum atomic E-state index is 0.00689. The van der Waals surface area contributed by atoms with Crippen LogP contribution in [0.4, 0.5) is 0 Å². The Morgan fingerprint density at radius 2 is 2.06 bits per heavy atom. The van der Waals surface area contributed by atoms with E-state index in [0.29, 0.717) is 17.5 Å². The van der Waals surface area contributed by atoms with Crippen molar-refractivity contribution in [3.8, 4) is 11.5 Å². The van der Waals surface area contributed by atoms with E-state index in [4.69, 9.17) is 21.0 Å². The number of hydrogen-bond donors (Lipinski definition) is 1. The summed E-state index contributed by atoms with van der Waals surface area (Å²) in [6.45, 7) is 4.35. The van der Waals surface area contributed by atoms with Crippen molar-refractivity contribution in [2.24, 2.45) is 5.92 Å². The molecule has 1 N–H and O–H groups in total. The highest BCUT2D eigenvalue weighted by Crippen LogP contribution is 2.31. The minimum Gasteiger partial charge on any atom is -0.441 e. The third-order valence-corrected chi connectivity index (χ3v) is 7.13. The van der Waals surface area contributed by atoms with E-state index in [-0.39, 0.29) is 17.9 Å². The number of nitrogens with one attached hydrogen (secondary N) is 1. The smallest absolute Gasteiger partial charge is 0.226 e. The van der Waals surface area contributed by atoms with Crippen LogP contribution >= 0.6 is 11.6 Å². The van der Waals surface area contributed by atoms with Gasteiger partial charge in [0, 0.05) is 23.7 Å². The predicted molar refractivity (Wildman–Crippen MR) is 130 cm³/mol. The molecular formula is C27H30ClN3O2. The first-order valence-corrected chi connectivity index (χ1v) is 12.3. The molecule has 1 aromatic heterocycles. The highest BCUT2D eigenvalue weighted by molar-refractivity contribution is 6.30. The zero-order chi connectivity index (χ0) is 22.8. The molecule has 1 saturated heterocycles. The van der Waals surface area contributed by atoms with Gasteiger partial charge in [-0.3, -0.25) is 9.69 Å². The number of carbonyl (C=O) groups excluding carboxylic acids is 1. The molecule has 3 aromatic rings. The van der Waals surface area contributed by atoms with Crippen LogP contribution in [0.2, 0.25) is 5.02 Å². The molecule has 0 bridgehead atoms. The number of piperidine rings is 1. The molecule has 1 fully saturated rings. The fourth-order valence-corrected chi connectivity index (χ4v) is 5.33. The third-order valence-electron chi connectivity index (χ3n) is 6.90. The van der Waals surface area contributed by atoms with Gasteiger partial charge >= 0.3 is 0 Å². The molecule has 5 rings (SSSR count). The quantitative estimate of drug-likeness (QED) is 0.526. The van der Waals surface area contributed by atoms with Gasteiger partial charge in [-0.05, 0) is 74.9 Å². The first kappa shape index (κ1) is 22.2. The van der Waals surface area contributed by atoms with Crippen LogP contribution < -0.4 is 5.32 Å². The van der Waals surface area contributed by atoms with Gasteiger partial charge < -0.3 is 9.73 Å². The molecule has 1 aliphatic carbocycles. The number of aromatic nitrogens is 1. The summed E-state index contributed by atoms with van der Waals surface area (Å²) in [4.78, 5) is 20.2. The Balaban J connectivity index is 1.23. The van der Waals surface area contributed by atoms with Crippen LogP contribution in [0, 0.1) is 12.8 Å². The monoisotopic (exact) mass is 463 g/mol. The SMILES string of the molecule is Cc1oc(-c2cccc(Cl)c2)nc1CN1CCCC(C(=O)NC2CCCc3ccccc32)C1. The Morgan fingerprint density at radius 3 is 2.94 bits per heavy atom. The first-order valence-electron chi connectivity index (χ1n) is 11.9. The first-order chi connectivity index (χ1) is 16.1. The Kier molecular flexibility index (Phi) is 6.52. The van der Waals surface area contributed by atoms with Gasteiger partial charge in [0.1, 0.15) is 5.76 Å². The van der Waals surface area contributed by atoms with Gasteiger partial charge in [0.2, 0.25) is 11.8 Å². The summed E-state index contributed by atoms with van der Waals surface area (Å²) in [5.74, 6) is 1.59. The average Bonchev–Trinajstić information content (AvgIpc) is 3.19. The molecule has 2 atom stereocenters. The second-order valence-corrected chi connectivity index (χ2v) is 9.70. The van der Waals surface area contributed by atoms with Crippen molar-refractivity contribution in [1.29, 1.82) is 0 Å². The molecule has 0 radical (unpaired) electrons. The average molecular weight is 464 g/mol. The Bertz CT molecular complexity index is 1140. The molecule has 0 spiro atoms. The van der Waals surface area contributed by atoms with Crippen molar-refractivity contribution in [3.63, 3.8) is 0 Å². The normalized spacial score (nSPS) is 20.9. The highest BCUT2D eigenvalue weighted by atomic mass is 35.5. The summed E-state index contributed by atoms with van der Waals surface area (Å²) in [6, 6.07) is 16.2. The lowest BCUT2D eigenvalue weighted by molar-refractivity contribution is -0.127. The second-order valence-electron chi connectivity index (χ2n) is 9.26. The van der Waals surface area contributed by atoms with E-state index in [2.05, 4.69) is 34.5 Å². The number of fused-ring (bicyclic) bond motifs is 1. The lowest BCUT2D eigenvalue weighted by atomic mass is 9.87. The number of benzene rings is 2. The van der Waals surface area contributed by atoms with E-state index < -0.39 is 0 Å². The second kappa shape index (κ2) is 9.70. The number of oxazole rings is 1. The molecule has 2 aromatic carbocycles. The van der Waals surface area contributed by atoms with Crippen LogP contribution in [0.5, 0.6) is 0 Å². The molecule has 1 amide bonds. The zero-order valence-corrected chi connectivity index (χ0v) is 19.8. The molecule has 1 aliphatic heterocycles. The van der Waals surface area contributed by atoms with Crippen molar-refractivity contribution < 1.29 is 9.21 Å². The van der Waals surface area contributed by atoms with Crippen molar-refractivity contribution in [2.75, 3.05) is 13.1 Å². The summed E-state index contributed by atoms with van der Waals surface area (Å²) in [6.07, 6.45) is 5.19. The number of likely N-dealkylation sites (tertiary alicyclic amines) is 1. The number of carbonyl (C=O) groups is 1. The van der Waals surface area contributed by atoms with Crippen LogP contribution in [0.25, 0.3) is 11.5 Å². The third kappa shape index (κ3) is 4.99. The fourth-order valence-electron chi connectivity index (χ4n) is 5.14. The molecule has 6 heteroatoms. The largest absolute Gasteiger partial charge is 0.441 e. The van der Waals surface area contributed by atoms with Gasteiger partial charge in [-0.15, -0.1) is 0 Å². The molecule has 0 saturated carbocycles. The molecule has 2 heterocycles.